The number of hydrogen-bond acceptors (Lipinski definition) is 5. The quantitative estimate of drug-likeness (QED) is 0.413. The molecule has 104 valence electrons. The second kappa shape index (κ2) is 11.6. The van der Waals surface area contributed by atoms with E-state index in [1.54, 1.807) is 6.08 Å². The second-order valence-electron chi connectivity index (χ2n) is 3.13. The van der Waals surface area contributed by atoms with Crippen LogP contribution < -0.4 is 0 Å². The molecule has 0 atom stereocenters. The van der Waals surface area contributed by atoms with Gasteiger partial charge in [-0.1, -0.05) is 6.08 Å². The van der Waals surface area contributed by atoms with Crippen LogP contribution in [0.1, 0.15) is 6.42 Å². The molecule has 0 aromatic carbocycles. The molecule has 0 aliphatic heterocycles. The number of carboxylic acid groups (broad SMARTS) is 3. The first-order chi connectivity index (χ1) is 8.33. The average Bonchev–Trinajstić information content (AvgIpc) is 2.16. The number of aliphatic hydroxyl groups is 1. The van der Waals surface area contributed by atoms with Gasteiger partial charge in [0.05, 0.1) is 19.6 Å². The van der Waals surface area contributed by atoms with E-state index < -0.39 is 37.5 Å². The third-order valence-electron chi connectivity index (χ3n) is 1.41. The average molecular weight is 263 g/mol. The lowest BCUT2D eigenvalue weighted by molar-refractivity contribution is -0.144. The largest absolute Gasteiger partial charge is 0.480 e. The van der Waals surface area contributed by atoms with Crippen molar-refractivity contribution in [2.75, 3.05) is 26.2 Å². The van der Waals surface area contributed by atoms with E-state index in [1.165, 1.54) is 0 Å². The van der Waals surface area contributed by atoms with Gasteiger partial charge in [-0.3, -0.25) is 19.3 Å². The Balaban J connectivity index is 0. The lowest BCUT2D eigenvalue weighted by atomic mass is 10.4. The van der Waals surface area contributed by atoms with Crippen LogP contribution in [-0.4, -0.2) is 69.5 Å². The summed E-state index contributed by atoms with van der Waals surface area (Å²) in [6.45, 7) is 1.82. The van der Waals surface area contributed by atoms with Gasteiger partial charge in [-0.15, -0.1) is 6.58 Å². The van der Waals surface area contributed by atoms with E-state index >= 15 is 0 Å². The van der Waals surface area contributed by atoms with E-state index in [0.29, 0.717) is 6.42 Å². The lowest BCUT2D eigenvalue weighted by Crippen LogP contribution is -2.38. The summed E-state index contributed by atoms with van der Waals surface area (Å²) < 4.78 is 0. The van der Waals surface area contributed by atoms with Crippen LogP contribution in [0.3, 0.4) is 0 Å². The highest BCUT2D eigenvalue weighted by Gasteiger charge is 2.15. The van der Waals surface area contributed by atoms with Crippen molar-refractivity contribution in [3.8, 4) is 0 Å². The van der Waals surface area contributed by atoms with Crippen molar-refractivity contribution >= 4 is 17.9 Å². The zero-order valence-electron chi connectivity index (χ0n) is 9.78. The second-order valence-corrected chi connectivity index (χ2v) is 3.13. The van der Waals surface area contributed by atoms with Gasteiger partial charge in [0.15, 0.2) is 0 Å². The summed E-state index contributed by atoms with van der Waals surface area (Å²) in [5, 5.41) is 32.8. The van der Waals surface area contributed by atoms with Gasteiger partial charge < -0.3 is 20.4 Å². The minimum Gasteiger partial charge on any atom is -0.480 e. The summed E-state index contributed by atoms with van der Waals surface area (Å²) in [7, 11) is 0. The van der Waals surface area contributed by atoms with Crippen LogP contribution in [0.15, 0.2) is 12.7 Å². The van der Waals surface area contributed by atoms with E-state index in [1.807, 2.05) is 0 Å². The highest BCUT2D eigenvalue weighted by atomic mass is 16.4. The Bertz CT molecular complexity index is 252. The van der Waals surface area contributed by atoms with Crippen molar-refractivity contribution in [3.05, 3.63) is 12.7 Å². The SMILES string of the molecule is C=CCCO.O=C(O)CN(CC(=O)O)CC(=O)O. The highest BCUT2D eigenvalue weighted by molar-refractivity contribution is 5.75. The number of aliphatic hydroxyl groups excluding tert-OH is 1. The third-order valence-corrected chi connectivity index (χ3v) is 1.41. The lowest BCUT2D eigenvalue weighted by Gasteiger charge is -2.14. The molecule has 0 saturated heterocycles. The third kappa shape index (κ3) is 16.5. The molecule has 0 heterocycles. The minimum absolute atomic E-state index is 0.226. The monoisotopic (exact) mass is 263 g/mol. The predicted octanol–water partition coefficient (Wildman–Crippen LogP) is -0.903. The molecule has 0 saturated carbocycles. The van der Waals surface area contributed by atoms with E-state index in [2.05, 4.69) is 6.58 Å². The van der Waals surface area contributed by atoms with E-state index in [-0.39, 0.29) is 6.61 Å². The predicted molar refractivity (Wildman–Crippen MR) is 61.2 cm³/mol. The number of hydrogen-bond donors (Lipinski definition) is 4. The fourth-order valence-corrected chi connectivity index (χ4v) is 0.833. The first-order valence-corrected chi connectivity index (χ1v) is 4.93. The topological polar surface area (TPSA) is 135 Å². The van der Waals surface area contributed by atoms with Gasteiger partial charge in [0.25, 0.3) is 0 Å². The van der Waals surface area contributed by atoms with E-state index in [4.69, 9.17) is 20.4 Å². The Labute approximate surface area is 104 Å². The standard InChI is InChI=1S/C6H9NO6.C4H8O/c8-4(9)1-7(2-5(10)11)3-6(12)13;1-2-3-4-5/h1-3H2,(H,8,9)(H,10,11)(H,12,13);2,5H,1,3-4H2. The molecule has 0 unspecified atom stereocenters. The molecule has 0 aromatic rings. The smallest absolute Gasteiger partial charge is 0.317 e. The molecule has 0 bridgehead atoms. The van der Waals surface area contributed by atoms with Gasteiger partial charge in [-0.2, -0.15) is 0 Å². The first kappa shape index (κ1) is 18.4. The Hall–Kier alpha value is -1.93. The van der Waals surface area contributed by atoms with Crippen LogP contribution in [0.2, 0.25) is 0 Å². The van der Waals surface area contributed by atoms with Crippen LogP contribution >= 0.6 is 0 Å². The molecule has 8 heteroatoms. The van der Waals surface area contributed by atoms with Gasteiger partial charge in [-0.05, 0) is 6.42 Å². The summed E-state index contributed by atoms with van der Waals surface area (Å²) in [6.07, 6.45) is 2.39. The molecular formula is C10H17NO7. The van der Waals surface area contributed by atoms with Gasteiger partial charge in [0.1, 0.15) is 0 Å². The summed E-state index contributed by atoms with van der Waals surface area (Å²) in [5.41, 5.74) is 0. The molecule has 4 N–H and O–H groups in total. The van der Waals surface area contributed by atoms with Crippen LogP contribution in [0.25, 0.3) is 0 Å². The van der Waals surface area contributed by atoms with Crippen LogP contribution in [0.5, 0.6) is 0 Å². The van der Waals surface area contributed by atoms with Crippen molar-refractivity contribution in [2.45, 2.75) is 6.42 Å². The zero-order chi connectivity index (χ0) is 14.6. The fourth-order valence-electron chi connectivity index (χ4n) is 0.833. The van der Waals surface area contributed by atoms with Crippen LogP contribution in [0, 0.1) is 0 Å². The molecule has 0 aliphatic rings. The van der Waals surface area contributed by atoms with Crippen LogP contribution in [0.4, 0.5) is 0 Å². The Morgan fingerprint density at radius 1 is 0.944 bits per heavy atom. The molecule has 0 rings (SSSR count). The Kier molecular flexibility index (Phi) is 11.8. The summed E-state index contributed by atoms with van der Waals surface area (Å²) in [5.74, 6) is -3.78. The van der Waals surface area contributed by atoms with Gasteiger partial charge in [0.2, 0.25) is 0 Å². The molecule has 0 fully saturated rings. The molecule has 0 aliphatic carbocycles. The molecule has 8 nitrogen and oxygen atoms in total. The van der Waals surface area contributed by atoms with Gasteiger partial charge >= 0.3 is 17.9 Å². The number of carbonyl (C=O) groups is 3. The van der Waals surface area contributed by atoms with Gasteiger partial charge in [-0.25, -0.2) is 0 Å². The van der Waals surface area contributed by atoms with E-state index in [9.17, 15) is 14.4 Å². The molecule has 0 spiro atoms. The Morgan fingerprint density at radius 2 is 1.28 bits per heavy atom. The summed E-state index contributed by atoms with van der Waals surface area (Å²) >= 11 is 0. The number of carboxylic acids is 3. The summed E-state index contributed by atoms with van der Waals surface area (Å²) in [4.78, 5) is 31.2. The normalized spacial score (nSPS) is 9.22. The van der Waals surface area contributed by atoms with E-state index in [0.717, 1.165) is 4.90 Å². The minimum atomic E-state index is -1.26. The maximum atomic E-state index is 10.1. The highest BCUT2D eigenvalue weighted by Crippen LogP contribution is 1.87. The molecular weight excluding hydrogens is 246 g/mol. The molecule has 0 aromatic heterocycles. The number of rotatable bonds is 8. The first-order valence-electron chi connectivity index (χ1n) is 4.93. The Morgan fingerprint density at radius 3 is 1.39 bits per heavy atom. The maximum Gasteiger partial charge on any atom is 0.317 e. The zero-order valence-corrected chi connectivity index (χ0v) is 9.78. The van der Waals surface area contributed by atoms with Crippen LogP contribution in [-0.2, 0) is 14.4 Å². The van der Waals surface area contributed by atoms with Crippen molar-refractivity contribution in [1.29, 1.82) is 0 Å². The maximum absolute atomic E-state index is 10.1. The van der Waals surface area contributed by atoms with Crippen molar-refractivity contribution in [3.63, 3.8) is 0 Å². The van der Waals surface area contributed by atoms with Gasteiger partial charge in [0, 0.05) is 6.61 Å². The fraction of sp³-hybridized carbons (Fsp3) is 0.500. The number of aliphatic carboxylic acids is 3. The summed E-state index contributed by atoms with van der Waals surface area (Å²) in [6, 6.07) is 0. The van der Waals surface area contributed by atoms with Crippen molar-refractivity contribution < 1.29 is 34.8 Å². The molecule has 18 heavy (non-hydrogen) atoms. The van der Waals surface area contributed by atoms with Crippen molar-refractivity contribution in [1.82, 2.24) is 4.90 Å². The molecule has 0 radical (unpaired) electrons. The molecule has 0 amide bonds. The van der Waals surface area contributed by atoms with Crippen molar-refractivity contribution in [2.24, 2.45) is 0 Å². The number of nitrogens with zero attached hydrogens (tertiary/aromatic N) is 1.